The van der Waals surface area contributed by atoms with Crippen LogP contribution in [0, 0.1) is 0 Å². The lowest BCUT2D eigenvalue weighted by Gasteiger charge is -2.00. The summed E-state index contributed by atoms with van der Waals surface area (Å²) in [7, 11) is 0. The first kappa shape index (κ1) is 8.75. The van der Waals surface area contributed by atoms with Gasteiger partial charge in [-0.2, -0.15) is 0 Å². The standard InChI is InChI=1S/C10H16N2O/c1-10(4-5-10)9-12-7-8(13-9)3-2-6-11/h7H,2-6,11H2,1H3. The van der Waals surface area contributed by atoms with Gasteiger partial charge in [0.25, 0.3) is 0 Å². The summed E-state index contributed by atoms with van der Waals surface area (Å²) in [6.45, 7) is 2.92. The van der Waals surface area contributed by atoms with Crippen molar-refractivity contribution in [2.75, 3.05) is 6.54 Å². The molecule has 1 saturated carbocycles. The maximum atomic E-state index is 5.65. The zero-order valence-corrected chi connectivity index (χ0v) is 8.05. The van der Waals surface area contributed by atoms with Crippen molar-refractivity contribution in [2.45, 2.75) is 38.0 Å². The van der Waals surface area contributed by atoms with Crippen LogP contribution in [0.4, 0.5) is 0 Å². The smallest absolute Gasteiger partial charge is 0.200 e. The Balaban J connectivity index is 2.01. The lowest BCUT2D eigenvalue weighted by atomic mass is 10.1. The maximum Gasteiger partial charge on any atom is 0.200 e. The highest BCUT2D eigenvalue weighted by Gasteiger charge is 2.43. The quantitative estimate of drug-likeness (QED) is 0.766. The van der Waals surface area contributed by atoms with Gasteiger partial charge >= 0.3 is 0 Å². The molecule has 1 aliphatic carbocycles. The zero-order valence-electron chi connectivity index (χ0n) is 8.05. The molecular weight excluding hydrogens is 164 g/mol. The van der Waals surface area contributed by atoms with Gasteiger partial charge in [0.05, 0.1) is 6.20 Å². The largest absolute Gasteiger partial charge is 0.445 e. The van der Waals surface area contributed by atoms with Gasteiger partial charge in [0, 0.05) is 11.8 Å². The van der Waals surface area contributed by atoms with Gasteiger partial charge in [0.1, 0.15) is 5.76 Å². The number of hydrogen-bond donors (Lipinski definition) is 1. The lowest BCUT2D eigenvalue weighted by Crippen LogP contribution is -2.00. The fraction of sp³-hybridized carbons (Fsp3) is 0.700. The summed E-state index contributed by atoms with van der Waals surface area (Å²) < 4.78 is 5.65. The fourth-order valence-electron chi connectivity index (χ4n) is 1.38. The highest BCUT2D eigenvalue weighted by atomic mass is 16.4. The number of aryl methyl sites for hydroxylation is 1. The Morgan fingerprint density at radius 1 is 1.62 bits per heavy atom. The van der Waals surface area contributed by atoms with Crippen LogP contribution in [0.25, 0.3) is 0 Å². The molecule has 0 amide bonds. The van der Waals surface area contributed by atoms with E-state index in [1.165, 1.54) is 12.8 Å². The van der Waals surface area contributed by atoms with E-state index in [0.29, 0.717) is 6.54 Å². The van der Waals surface area contributed by atoms with E-state index in [1.54, 1.807) is 0 Å². The number of nitrogens with zero attached hydrogens (tertiary/aromatic N) is 1. The molecule has 3 nitrogen and oxygen atoms in total. The molecule has 0 radical (unpaired) electrons. The first-order valence-corrected chi connectivity index (χ1v) is 4.90. The Labute approximate surface area is 78.3 Å². The van der Waals surface area contributed by atoms with Crippen molar-refractivity contribution in [3.05, 3.63) is 17.8 Å². The van der Waals surface area contributed by atoms with Crippen LogP contribution < -0.4 is 5.73 Å². The molecule has 0 atom stereocenters. The third kappa shape index (κ3) is 1.75. The second-order valence-electron chi connectivity index (χ2n) is 4.08. The molecule has 2 rings (SSSR count). The molecule has 0 bridgehead atoms. The molecule has 1 aromatic heterocycles. The molecule has 1 fully saturated rings. The summed E-state index contributed by atoms with van der Waals surface area (Å²) in [6.07, 6.45) is 6.16. The number of nitrogens with two attached hydrogens (primary N) is 1. The van der Waals surface area contributed by atoms with Crippen LogP contribution in [-0.4, -0.2) is 11.5 Å². The molecule has 13 heavy (non-hydrogen) atoms. The Morgan fingerprint density at radius 2 is 2.38 bits per heavy atom. The second kappa shape index (κ2) is 3.14. The lowest BCUT2D eigenvalue weighted by molar-refractivity contribution is 0.416. The van der Waals surface area contributed by atoms with E-state index in [0.717, 1.165) is 24.5 Å². The highest BCUT2D eigenvalue weighted by Crippen LogP contribution is 2.46. The summed E-state index contributed by atoms with van der Waals surface area (Å²) in [5, 5.41) is 0. The van der Waals surface area contributed by atoms with E-state index in [9.17, 15) is 0 Å². The minimum atomic E-state index is 0.251. The van der Waals surface area contributed by atoms with Crippen molar-refractivity contribution in [2.24, 2.45) is 5.73 Å². The number of hydrogen-bond acceptors (Lipinski definition) is 3. The van der Waals surface area contributed by atoms with Crippen molar-refractivity contribution in [3.8, 4) is 0 Å². The van der Waals surface area contributed by atoms with Gasteiger partial charge in [-0.3, -0.25) is 0 Å². The summed E-state index contributed by atoms with van der Waals surface area (Å²) in [5.41, 5.74) is 5.67. The van der Waals surface area contributed by atoms with Crippen LogP contribution in [0.3, 0.4) is 0 Å². The minimum Gasteiger partial charge on any atom is -0.445 e. The number of rotatable bonds is 4. The number of aromatic nitrogens is 1. The Bertz CT molecular complexity index is 289. The second-order valence-corrected chi connectivity index (χ2v) is 4.08. The average molecular weight is 180 g/mol. The first-order valence-electron chi connectivity index (χ1n) is 4.90. The molecule has 3 heteroatoms. The maximum absolute atomic E-state index is 5.65. The predicted molar refractivity (Wildman–Crippen MR) is 50.5 cm³/mol. The van der Waals surface area contributed by atoms with Gasteiger partial charge in [0.2, 0.25) is 0 Å². The molecule has 1 aliphatic rings. The monoisotopic (exact) mass is 180 g/mol. The summed E-state index contributed by atoms with van der Waals surface area (Å²) in [5.74, 6) is 1.90. The Kier molecular flexibility index (Phi) is 2.12. The fourth-order valence-corrected chi connectivity index (χ4v) is 1.38. The topological polar surface area (TPSA) is 52.0 Å². The van der Waals surface area contributed by atoms with E-state index < -0.39 is 0 Å². The van der Waals surface area contributed by atoms with E-state index in [1.807, 2.05) is 6.20 Å². The van der Waals surface area contributed by atoms with Crippen LogP contribution in [0.15, 0.2) is 10.6 Å². The predicted octanol–water partition coefficient (Wildman–Crippen LogP) is 1.62. The molecule has 0 aliphatic heterocycles. The van der Waals surface area contributed by atoms with Crippen LogP contribution >= 0.6 is 0 Å². The van der Waals surface area contributed by atoms with Crippen LogP contribution in [0.5, 0.6) is 0 Å². The van der Waals surface area contributed by atoms with Crippen LogP contribution in [0.2, 0.25) is 0 Å². The highest BCUT2D eigenvalue weighted by molar-refractivity contribution is 5.14. The van der Waals surface area contributed by atoms with Gasteiger partial charge < -0.3 is 10.2 Å². The molecule has 2 N–H and O–H groups in total. The van der Waals surface area contributed by atoms with Crippen molar-refractivity contribution in [1.82, 2.24) is 4.98 Å². The van der Waals surface area contributed by atoms with Gasteiger partial charge in [-0.1, -0.05) is 6.92 Å². The molecular formula is C10H16N2O. The molecule has 72 valence electrons. The van der Waals surface area contributed by atoms with Crippen molar-refractivity contribution in [1.29, 1.82) is 0 Å². The van der Waals surface area contributed by atoms with Crippen molar-refractivity contribution < 1.29 is 4.42 Å². The van der Waals surface area contributed by atoms with Gasteiger partial charge in [-0.15, -0.1) is 0 Å². The minimum absolute atomic E-state index is 0.251. The van der Waals surface area contributed by atoms with Crippen molar-refractivity contribution in [3.63, 3.8) is 0 Å². The van der Waals surface area contributed by atoms with E-state index in [-0.39, 0.29) is 5.41 Å². The summed E-state index contributed by atoms with van der Waals surface area (Å²) >= 11 is 0. The van der Waals surface area contributed by atoms with E-state index in [4.69, 9.17) is 10.2 Å². The normalized spacial score (nSPS) is 18.9. The van der Waals surface area contributed by atoms with E-state index >= 15 is 0 Å². The van der Waals surface area contributed by atoms with Gasteiger partial charge in [-0.05, 0) is 25.8 Å². The Hall–Kier alpha value is -0.830. The Morgan fingerprint density at radius 3 is 3.00 bits per heavy atom. The van der Waals surface area contributed by atoms with E-state index in [2.05, 4.69) is 11.9 Å². The van der Waals surface area contributed by atoms with Gasteiger partial charge in [-0.25, -0.2) is 4.98 Å². The summed E-state index contributed by atoms with van der Waals surface area (Å²) in [4.78, 5) is 4.30. The van der Waals surface area contributed by atoms with Crippen LogP contribution in [0.1, 0.15) is 37.8 Å². The van der Waals surface area contributed by atoms with Gasteiger partial charge in [0.15, 0.2) is 5.89 Å². The van der Waals surface area contributed by atoms with Crippen molar-refractivity contribution >= 4 is 0 Å². The molecule has 0 spiro atoms. The summed E-state index contributed by atoms with van der Waals surface area (Å²) in [6, 6.07) is 0. The molecule has 0 unspecified atom stereocenters. The third-order valence-electron chi connectivity index (χ3n) is 2.70. The molecule has 1 heterocycles. The van der Waals surface area contributed by atoms with Crippen LogP contribution in [-0.2, 0) is 11.8 Å². The average Bonchev–Trinajstić information content (AvgIpc) is 2.69. The zero-order chi connectivity index (χ0) is 9.31. The molecule has 1 aromatic rings. The molecule has 0 aromatic carbocycles. The third-order valence-corrected chi connectivity index (χ3v) is 2.70. The SMILES string of the molecule is CC1(c2ncc(CCCN)o2)CC1. The first-order chi connectivity index (χ1) is 6.24. The number of oxazole rings is 1. The molecule has 0 saturated heterocycles.